The summed E-state index contributed by atoms with van der Waals surface area (Å²) in [5.41, 5.74) is 1.49. The molecule has 0 fully saturated rings. The highest BCUT2D eigenvalue weighted by Gasteiger charge is 2.25. The van der Waals surface area contributed by atoms with Crippen LogP contribution in [0, 0.1) is 24.0 Å². The minimum Gasteiger partial charge on any atom is -0.496 e. The second kappa shape index (κ2) is 7.85. The lowest BCUT2D eigenvalue weighted by molar-refractivity contribution is -0.384. The fourth-order valence-corrected chi connectivity index (χ4v) is 2.43. The first-order chi connectivity index (χ1) is 12.6. The van der Waals surface area contributed by atoms with Crippen LogP contribution in [0.3, 0.4) is 0 Å². The van der Waals surface area contributed by atoms with Gasteiger partial charge in [0.05, 0.1) is 29.1 Å². The van der Waals surface area contributed by atoms with Crippen molar-refractivity contribution in [1.29, 1.82) is 0 Å². The quantitative estimate of drug-likeness (QED) is 0.465. The van der Waals surface area contributed by atoms with Gasteiger partial charge in [0.2, 0.25) is 0 Å². The van der Waals surface area contributed by atoms with Crippen molar-refractivity contribution in [2.75, 3.05) is 12.4 Å². The summed E-state index contributed by atoms with van der Waals surface area (Å²) in [5.74, 6) is -1.35. The van der Waals surface area contributed by atoms with E-state index in [2.05, 4.69) is 10.4 Å². The molecule has 0 aliphatic heterocycles. The molecule has 1 heterocycles. The number of aromatic nitrogens is 2. The van der Waals surface area contributed by atoms with Crippen molar-refractivity contribution >= 4 is 23.3 Å². The molecule has 10 nitrogen and oxygen atoms in total. The first-order valence-electron chi connectivity index (χ1n) is 8.00. The van der Waals surface area contributed by atoms with Crippen molar-refractivity contribution < 1.29 is 24.0 Å². The van der Waals surface area contributed by atoms with Crippen LogP contribution in [0.2, 0.25) is 0 Å². The topological polar surface area (TPSA) is 126 Å². The summed E-state index contributed by atoms with van der Waals surface area (Å²) in [6, 6.07) is 3.54. The fourth-order valence-electron chi connectivity index (χ4n) is 2.43. The summed E-state index contributed by atoms with van der Waals surface area (Å²) in [6.07, 6.45) is -1.14. The van der Waals surface area contributed by atoms with Gasteiger partial charge >= 0.3 is 5.97 Å². The van der Waals surface area contributed by atoms with E-state index in [9.17, 15) is 19.7 Å². The molecule has 10 heteroatoms. The van der Waals surface area contributed by atoms with Crippen LogP contribution >= 0.6 is 0 Å². The molecule has 1 amide bonds. The summed E-state index contributed by atoms with van der Waals surface area (Å²) < 4.78 is 11.8. The summed E-state index contributed by atoms with van der Waals surface area (Å²) in [5, 5.41) is 17.8. The first-order valence-corrected chi connectivity index (χ1v) is 8.00. The zero-order valence-electron chi connectivity index (χ0n) is 15.6. The summed E-state index contributed by atoms with van der Waals surface area (Å²) in [6.45, 7) is 4.94. The van der Waals surface area contributed by atoms with E-state index in [-0.39, 0.29) is 17.0 Å². The van der Waals surface area contributed by atoms with Gasteiger partial charge in [-0.2, -0.15) is 5.10 Å². The number of hydrogen-bond acceptors (Lipinski definition) is 7. The third-order valence-corrected chi connectivity index (χ3v) is 4.02. The third-order valence-electron chi connectivity index (χ3n) is 4.02. The van der Waals surface area contributed by atoms with Gasteiger partial charge in [-0.05, 0) is 26.8 Å². The number of aryl methyl sites for hydroxylation is 2. The van der Waals surface area contributed by atoms with E-state index in [1.807, 2.05) is 0 Å². The molecule has 0 aliphatic carbocycles. The van der Waals surface area contributed by atoms with E-state index < -0.39 is 22.9 Å². The largest absolute Gasteiger partial charge is 0.496 e. The van der Waals surface area contributed by atoms with Crippen molar-refractivity contribution in [3.63, 3.8) is 0 Å². The molecule has 0 radical (unpaired) electrons. The molecule has 1 aromatic carbocycles. The molecule has 0 spiro atoms. The van der Waals surface area contributed by atoms with Crippen molar-refractivity contribution in [2.45, 2.75) is 26.9 Å². The van der Waals surface area contributed by atoms with Crippen LogP contribution in [0.4, 0.5) is 11.4 Å². The Bertz CT molecular complexity index is 905. The maximum atomic E-state index is 12.4. The molecule has 0 aliphatic rings. The Hall–Kier alpha value is -3.43. The molecule has 0 bridgehead atoms. The monoisotopic (exact) mass is 376 g/mol. The van der Waals surface area contributed by atoms with Gasteiger partial charge in [0.25, 0.3) is 11.6 Å². The van der Waals surface area contributed by atoms with Crippen LogP contribution in [0.5, 0.6) is 5.75 Å². The van der Waals surface area contributed by atoms with E-state index in [1.54, 1.807) is 25.6 Å². The highest BCUT2D eigenvalue weighted by Crippen LogP contribution is 2.25. The van der Waals surface area contributed by atoms with Crippen molar-refractivity contribution in [1.82, 2.24) is 9.78 Å². The molecule has 144 valence electrons. The Kier molecular flexibility index (Phi) is 5.78. The number of nitrogens with zero attached hydrogens (tertiary/aromatic N) is 3. The number of non-ortho nitro benzene ring substituents is 1. The molecular formula is C17H20N4O6. The lowest BCUT2D eigenvalue weighted by atomic mass is 10.1. The second-order valence-electron chi connectivity index (χ2n) is 5.85. The Morgan fingerprint density at radius 3 is 2.52 bits per heavy atom. The molecule has 0 unspecified atom stereocenters. The summed E-state index contributed by atoms with van der Waals surface area (Å²) >= 11 is 0. The molecule has 1 aromatic heterocycles. The number of nitrogens with one attached hydrogen (secondary N) is 1. The van der Waals surface area contributed by atoms with Crippen LogP contribution in [-0.2, 0) is 16.6 Å². The fraction of sp³-hybridized carbons (Fsp3) is 0.353. The second-order valence-corrected chi connectivity index (χ2v) is 5.85. The van der Waals surface area contributed by atoms with Gasteiger partial charge < -0.3 is 14.8 Å². The first kappa shape index (κ1) is 19.9. The van der Waals surface area contributed by atoms with Crippen molar-refractivity contribution in [3.8, 4) is 5.75 Å². The van der Waals surface area contributed by atoms with Gasteiger partial charge in [0.1, 0.15) is 11.3 Å². The number of methoxy groups -OCH3 is 1. The standard InChI is InChI=1S/C17H20N4O6/c1-9-15(10(2)20(4)19-9)18-16(22)11(3)27-17(23)13-8-12(21(24)25)6-7-14(13)26-5/h6-8,11H,1-5H3,(H,18,22)/t11-/m1/s1. The lowest BCUT2D eigenvalue weighted by Crippen LogP contribution is -2.30. The molecule has 1 atom stereocenters. The molecule has 1 N–H and O–H groups in total. The number of esters is 1. The van der Waals surface area contributed by atoms with Crippen LogP contribution in [-0.4, -0.2) is 39.8 Å². The molecular weight excluding hydrogens is 356 g/mol. The average molecular weight is 376 g/mol. The molecule has 2 rings (SSSR count). The number of carbonyl (C=O) groups is 2. The highest BCUT2D eigenvalue weighted by molar-refractivity contribution is 5.99. The molecule has 27 heavy (non-hydrogen) atoms. The molecule has 0 saturated heterocycles. The Morgan fingerprint density at radius 2 is 2.00 bits per heavy atom. The van der Waals surface area contributed by atoms with Gasteiger partial charge in [0, 0.05) is 19.2 Å². The number of rotatable bonds is 6. The average Bonchev–Trinajstić information content (AvgIpc) is 2.86. The highest BCUT2D eigenvalue weighted by atomic mass is 16.6. The zero-order chi connectivity index (χ0) is 20.3. The number of anilines is 1. The van der Waals surface area contributed by atoms with Gasteiger partial charge in [-0.25, -0.2) is 4.79 Å². The Morgan fingerprint density at radius 1 is 1.33 bits per heavy atom. The summed E-state index contributed by atoms with van der Waals surface area (Å²) in [7, 11) is 3.07. The van der Waals surface area contributed by atoms with E-state index in [4.69, 9.17) is 9.47 Å². The van der Waals surface area contributed by atoms with Crippen LogP contribution in [0.25, 0.3) is 0 Å². The Labute approximate surface area is 155 Å². The number of ether oxygens (including phenoxy) is 2. The van der Waals surface area contributed by atoms with Crippen LogP contribution < -0.4 is 10.1 Å². The number of nitro groups is 1. The van der Waals surface area contributed by atoms with Gasteiger partial charge in [-0.1, -0.05) is 0 Å². The zero-order valence-corrected chi connectivity index (χ0v) is 15.6. The number of nitro benzene ring substituents is 1. The smallest absolute Gasteiger partial charge is 0.342 e. The van der Waals surface area contributed by atoms with Crippen molar-refractivity contribution in [2.24, 2.45) is 7.05 Å². The molecule has 0 saturated carbocycles. The van der Waals surface area contributed by atoms with Crippen molar-refractivity contribution in [3.05, 3.63) is 45.3 Å². The third kappa shape index (κ3) is 4.22. The number of amides is 1. The van der Waals surface area contributed by atoms with E-state index in [1.165, 1.54) is 26.2 Å². The number of benzene rings is 1. The van der Waals surface area contributed by atoms with E-state index in [0.29, 0.717) is 11.4 Å². The van der Waals surface area contributed by atoms with E-state index >= 15 is 0 Å². The minimum absolute atomic E-state index is 0.108. The maximum Gasteiger partial charge on any atom is 0.342 e. The maximum absolute atomic E-state index is 12.4. The molecule has 2 aromatic rings. The van der Waals surface area contributed by atoms with E-state index in [0.717, 1.165) is 11.8 Å². The van der Waals surface area contributed by atoms with Gasteiger partial charge in [0.15, 0.2) is 6.10 Å². The lowest BCUT2D eigenvalue weighted by Gasteiger charge is -2.15. The minimum atomic E-state index is -1.14. The SMILES string of the molecule is COc1ccc([N+](=O)[O-])cc1C(=O)O[C@H](C)C(=O)Nc1c(C)nn(C)c1C. The van der Waals surface area contributed by atoms with Crippen LogP contribution in [0.15, 0.2) is 18.2 Å². The number of hydrogen-bond donors (Lipinski definition) is 1. The predicted octanol–water partition coefficient (Wildman–Crippen LogP) is 2.14. The van der Waals surface area contributed by atoms with Gasteiger partial charge in [-0.3, -0.25) is 19.6 Å². The van der Waals surface area contributed by atoms with Gasteiger partial charge in [-0.15, -0.1) is 0 Å². The normalized spacial score (nSPS) is 11.6. The number of carbonyl (C=O) groups excluding carboxylic acids is 2. The Balaban J connectivity index is 2.16. The van der Waals surface area contributed by atoms with Crippen LogP contribution in [0.1, 0.15) is 28.7 Å². The summed E-state index contributed by atoms with van der Waals surface area (Å²) in [4.78, 5) is 35.0. The predicted molar refractivity (Wildman–Crippen MR) is 95.8 cm³/mol.